The maximum atomic E-state index is 5.87. The van der Waals surface area contributed by atoms with E-state index < -0.39 is 0 Å². The summed E-state index contributed by atoms with van der Waals surface area (Å²) in [5, 5.41) is 0. The van der Waals surface area contributed by atoms with Crippen LogP contribution in [0.2, 0.25) is 0 Å². The number of nitrogens with zero attached hydrogens (tertiary/aromatic N) is 2. The van der Waals surface area contributed by atoms with Crippen LogP contribution in [0.25, 0.3) is 0 Å². The average Bonchev–Trinajstić information content (AvgIpc) is 2.81. The van der Waals surface area contributed by atoms with E-state index in [9.17, 15) is 0 Å². The van der Waals surface area contributed by atoms with Crippen molar-refractivity contribution in [1.29, 1.82) is 0 Å². The van der Waals surface area contributed by atoms with E-state index in [1.54, 1.807) is 18.9 Å². The standard InChI is InChI=1S/C12H16N2O2S/c1-15-9-5-8-7-16-11-10(17-2)3-4-13-12(11)14(8)6-9/h3-4,8-9H,5-7H2,1-2H3. The maximum Gasteiger partial charge on any atom is 0.175 e. The minimum Gasteiger partial charge on any atom is -0.486 e. The second-order valence-corrected chi connectivity index (χ2v) is 5.22. The van der Waals surface area contributed by atoms with Crippen LogP contribution in [0.3, 0.4) is 0 Å². The molecule has 0 aliphatic carbocycles. The first-order valence-corrected chi connectivity index (χ1v) is 7.01. The van der Waals surface area contributed by atoms with Gasteiger partial charge in [-0.05, 0) is 18.7 Å². The van der Waals surface area contributed by atoms with Crippen LogP contribution in [0.1, 0.15) is 6.42 Å². The Kier molecular flexibility index (Phi) is 2.88. The van der Waals surface area contributed by atoms with Crippen molar-refractivity contribution < 1.29 is 9.47 Å². The molecular formula is C12H16N2O2S. The van der Waals surface area contributed by atoms with Crippen molar-refractivity contribution in [3.8, 4) is 5.75 Å². The van der Waals surface area contributed by atoms with Gasteiger partial charge >= 0.3 is 0 Å². The summed E-state index contributed by atoms with van der Waals surface area (Å²) in [4.78, 5) is 7.96. The Labute approximate surface area is 105 Å². The van der Waals surface area contributed by atoms with Gasteiger partial charge in [-0.3, -0.25) is 0 Å². The molecule has 0 amide bonds. The summed E-state index contributed by atoms with van der Waals surface area (Å²) >= 11 is 1.70. The normalized spacial score (nSPS) is 26.4. The predicted molar refractivity (Wildman–Crippen MR) is 68.1 cm³/mol. The Morgan fingerprint density at radius 1 is 1.59 bits per heavy atom. The lowest BCUT2D eigenvalue weighted by atomic mass is 10.2. The van der Waals surface area contributed by atoms with Crippen molar-refractivity contribution in [3.63, 3.8) is 0 Å². The van der Waals surface area contributed by atoms with Gasteiger partial charge in [0.05, 0.1) is 17.0 Å². The maximum absolute atomic E-state index is 5.87. The molecule has 0 N–H and O–H groups in total. The quantitative estimate of drug-likeness (QED) is 0.750. The molecule has 2 atom stereocenters. The highest BCUT2D eigenvalue weighted by Crippen LogP contribution is 2.41. The molecule has 3 heterocycles. The third-order valence-electron chi connectivity index (χ3n) is 3.47. The van der Waals surface area contributed by atoms with E-state index in [0.717, 1.165) is 36.0 Å². The van der Waals surface area contributed by atoms with E-state index in [4.69, 9.17) is 9.47 Å². The van der Waals surface area contributed by atoms with Gasteiger partial charge in [-0.1, -0.05) is 0 Å². The molecule has 0 radical (unpaired) electrons. The molecule has 1 aromatic rings. The molecule has 3 rings (SSSR count). The highest BCUT2D eigenvalue weighted by molar-refractivity contribution is 7.98. The molecule has 92 valence electrons. The fourth-order valence-corrected chi connectivity index (χ4v) is 3.10. The molecule has 2 aliphatic heterocycles. The molecule has 5 heteroatoms. The van der Waals surface area contributed by atoms with Crippen LogP contribution in [0.15, 0.2) is 17.2 Å². The topological polar surface area (TPSA) is 34.6 Å². The lowest BCUT2D eigenvalue weighted by Gasteiger charge is -2.32. The van der Waals surface area contributed by atoms with Crippen LogP contribution < -0.4 is 9.64 Å². The van der Waals surface area contributed by atoms with Gasteiger partial charge in [0, 0.05) is 19.9 Å². The molecule has 1 saturated heterocycles. The minimum atomic E-state index is 0.300. The van der Waals surface area contributed by atoms with Gasteiger partial charge in [-0.2, -0.15) is 0 Å². The number of hydrogen-bond acceptors (Lipinski definition) is 5. The Bertz CT molecular complexity index is 427. The summed E-state index contributed by atoms with van der Waals surface area (Å²) in [6.07, 6.45) is 5.25. The van der Waals surface area contributed by atoms with E-state index in [1.807, 2.05) is 12.3 Å². The van der Waals surface area contributed by atoms with Gasteiger partial charge in [0.2, 0.25) is 0 Å². The van der Waals surface area contributed by atoms with Gasteiger partial charge in [0.15, 0.2) is 11.6 Å². The summed E-state index contributed by atoms with van der Waals surface area (Å²) < 4.78 is 11.3. The highest BCUT2D eigenvalue weighted by Gasteiger charge is 2.38. The van der Waals surface area contributed by atoms with Crippen molar-refractivity contribution in [2.24, 2.45) is 0 Å². The fraction of sp³-hybridized carbons (Fsp3) is 0.583. The number of pyridine rings is 1. The monoisotopic (exact) mass is 252 g/mol. The van der Waals surface area contributed by atoms with Crippen molar-refractivity contribution >= 4 is 17.6 Å². The minimum absolute atomic E-state index is 0.300. The van der Waals surface area contributed by atoms with Crippen LogP contribution in [0, 0.1) is 0 Å². The second-order valence-electron chi connectivity index (χ2n) is 4.38. The van der Waals surface area contributed by atoms with Crippen LogP contribution in [-0.4, -0.2) is 43.6 Å². The largest absolute Gasteiger partial charge is 0.486 e. The van der Waals surface area contributed by atoms with Gasteiger partial charge in [-0.15, -0.1) is 11.8 Å². The van der Waals surface area contributed by atoms with Crippen LogP contribution in [-0.2, 0) is 4.74 Å². The molecule has 17 heavy (non-hydrogen) atoms. The molecule has 0 saturated carbocycles. The molecule has 0 aromatic carbocycles. The number of hydrogen-bond donors (Lipinski definition) is 0. The van der Waals surface area contributed by atoms with Crippen LogP contribution >= 0.6 is 11.8 Å². The average molecular weight is 252 g/mol. The molecule has 0 bridgehead atoms. The van der Waals surface area contributed by atoms with E-state index in [0.29, 0.717) is 12.1 Å². The first-order valence-electron chi connectivity index (χ1n) is 5.78. The molecule has 1 aromatic heterocycles. The van der Waals surface area contributed by atoms with E-state index in [2.05, 4.69) is 16.1 Å². The van der Waals surface area contributed by atoms with Crippen molar-refractivity contribution in [2.45, 2.75) is 23.5 Å². The first-order chi connectivity index (χ1) is 8.33. The molecule has 4 nitrogen and oxygen atoms in total. The number of thioether (sulfide) groups is 1. The SMILES string of the molecule is COC1CC2COc3c(SC)ccnc3N2C1. The van der Waals surface area contributed by atoms with Gasteiger partial charge in [0.1, 0.15) is 6.61 Å². The molecule has 1 fully saturated rings. The van der Waals surface area contributed by atoms with Crippen molar-refractivity contribution in [3.05, 3.63) is 12.3 Å². The van der Waals surface area contributed by atoms with Crippen molar-refractivity contribution in [1.82, 2.24) is 4.98 Å². The highest BCUT2D eigenvalue weighted by atomic mass is 32.2. The number of methoxy groups -OCH3 is 1. The third-order valence-corrected chi connectivity index (χ3v) is 4.23. The van der Waals surface area contributed by atoms with Gasteiger partial charge in [-0.25, -0.2) is 4.98 Å². The van der Waals surface area contributed by atoms with Crippen LogP contribution in [0.4, 0.5) is 5.82 Å². The summed E-state index contributed by atoms with van der Waals surface area (Å²) in [6, 6.07) is 2.42. The Balaban J connectivity index is 1.97. The van der Waals surface area contributed by atoms with Crippen LogP contribution in [0.5, 0.6) is 5.75 Å². The first kappa shape index (κ1) is 11.2. The lowest BCUT2D eigenvalue weighted by Crippen LogP contribution is -2.39. The molecule has 2 unspecified atom stereocenters. The number of aromatic nitrogens is 1. The lowest BCUT2D eigenvalue weighted by molar-refractivity contribution is 0.116. The smallest absolute Gasteiger partial charge is 0.175 e. The predicted octanol–water partition coefficient (Wildman–Crippen LogP) is 1.79. The summed E-state index contributed by atoms with van der Waals surface area (Å²) in [6.45, 7) is 1.66. The van der Waals surface area contributed by atoms with Crippen molar-refractivity contribution in [2.75, 3.05) is 31.4 Å². The molecule has 0 spiro atoms. The van der Waals surface area contributed by atoms with E-state index in [1.165, 1.54) is 0 Å². The number of rotatable bonds is 2. The zero-order valence-corrected chi connectivity index (χ0v) is 10.9. The number of anilines is 1. The van der Waals surface area contributed by atoms with Gasteiger partial charge in [0.25, 0.3) is 0 Å². The van der Waals surface area contributed by atoms with Gasteiger partial charge < -0.3 is 14.4 Å². The zero-order valence-electron chi connectivity index (χ0n) is 10.0. The molecular weight excluding hydrogens is 236 g/mol. The Morgan fingerprint density at radius 2 is 2.47 bits per heavy atom. The Morgan fingerprint density at radius 3 is 3.24 bits per heavy atom. The summed E-state index contributed by atoms with van der Waals surface area (Å²) in [5.41, 5.74) is 0. The summed E-state index contributed by atoms with van der Waals surface area (Å²) in [7, 11) is 1.77. The van der Waals surface area contributed by atoms with E-state index in [-0.39, 0.29) is 0 Å². The molecule has 2 aliphatic rings. The summed E-state index contributed by atoms with van der Waals surface area (Å²) in [5.74, 6) is 1.92. The number of ether oxygens (including phenoxy) is 2. The zero-order chi connectivity index (χ0) is 11.8. The van der Waals surface area contributed by atoms with E-state index >= 15 is 0 Å². The number of fused-ring (bicyclic) bond motifs is 3. The third kappa shape index (κ3) is 1.77. The fourth-order valence-electron chi connectivity index (χ4n) is 2.56. The Hall–Kier alpha value is -0.940. The second kappa shape index (κ2) is 4.38.